The van der Waals surface area contributed by atoms with Gasteiger partial charge in [0.2, 0.25) is 0 Å². The maximum atomic E-state index is 11.9. The van der Waals surface area contributed by atoms with Crippen molar-refractivity contribution in [2.75, 3.05) is 20.3 Å². The summed E-state index contributed by atoms with van der Waals surface area (Å²) in [5.41, 5.74) is 4.18. The first kappa shape index (κ1) is 27.6. The van der Waals surface area contributed by atoms with Crippen molar-refractivity contribution in [3.05, 3.63) is 76.6 Å². The minimum absolute atomic E-state index is 0.00313. The minimum atomic E-state index is -1.01. The molecule has 0 spiro atoms. The lowest BCUT2D eigenvalue weighted by Crippen LogP contribution is -2.38. The van der Waals surface area contributed by atoms with Gasteiger partial charge >= 0.3 is 5.97 Å². The number of carbonyl (C=O) groups is 1. The summed E-state index contributed by atoms with van der Waals surface area (Å²) in [6, 6.07) is 12.8. The van der Waals surface area contributed by atoms with Crippen LogP contribution in [0.3, 0.4) is 0 Å². The number of rotatable bonds is 9. The molecule has 2 aliphatic rings. The smallest absolute Gasteiger partial charge is 0.335 e. The first-order valence-electron chi connectivity index (χ1n) is 14.3. The molecule has 0 amide bonds. The molecule has 1 saturated heterocycles. The van der Waals surface area contributed by atoms with Gasteiger partial charge in [0, 0.05) is 25.9 Å². The van der Waals surface area contributed by atoms with Crippen LogP contribution in [0.2, 0.25) is 5.02 Å². The zero-order chi connectivity index (χ0) is 29.7. The van der Waals surface area contributed by atoms with Gasteiger partial charge in [0.25, 0.3) is 0 Å². The normalized spacial score (nSPS) is 18.5. The highest BCUT2D eigenvalue weighted by Gasteiger charge is 2.31. The number of imidazole rings is 2. The molecule has 43 heavy (non-hydrogen) atoms. The van der Waals surface area contributed by atoms with Crippen molar-refractivity contribution in [3.8, 4) is 11.5 Å². The zero-order valence-corrected chi connectivity index (χ0v) is 24.6. The predicted molar refractivity (Wildman–Crippen MR) is 160 cm³/mol. The summed E-state index contributed by atoms with van der Waals surface area (Å²) >= 11 is 5.98. The second-order valence-corrected chi connectivity index (χ2v) is 11.4. The first-order chi connectivity index (χ1) is 20.9. The number of benzene rings is 2. The highest BCUT2D eigenvalue weighted by Crippen LogP contribution is 2.35. The second kappa shape index (κ2) is 11.1. The summed E-state index contributed by atoms with van der Waals surface area (Å²) in [4.78, 5) is 28.6. The van der Waals surface area contributed by atoms with Crippen LogP contribution in [0, 0.1) is 0 Å². The van der Waals surface area contributed by atoms with Gasteiger partial charge in [0.1, 0.15) is 40.8 Å². The van der Waals surface area contributed by atoms with Crippen LogP contribution in [0.5, 0.6) is 11.5 Å². The Bertz CT molecular complexity index is 1830. The average Bonchev–Trinajstić information content (AvgIpc) is 3.54. The maximum Gasteiger partial charge on any atom is 0.335 e. The molecule has 0 saturated carbocycles. The number of para-hydroxylation sites is 1. The topological polar surface area (TPSA) is 117 Å². The molecule has 2 aromatic carbocycles. The fourth-order valence-corrected chi connectivity index (χ4v) is 6.02. The Hall–Kier alpha value is -4.19. The van der Waals surface area contributed by atoms with Crippen LogP contribution in [-0.4, -0.2) is 66.4 Å². The van der Waals surface area contributed by atoms with Crippen molar-refractivity contribution in [1.29, 1.82) is 0 Å². The van der Waals surface area contributed by atoms with Gasteiger partial charge in [-0.25, -0.2) is 14.8 Å². The maximum absolute atomic E-state index is 11.9. The summed E-state index contributed by atoms with van der Waals surface area (Å²) in [6.07, 6.45) is 2.64. The number of hydrogen-bond donors (Lipinski definition) is 1. The molecule has 12 heteroatoms. The molecule has 222 valence electrons. The van der Waals surface area contributed by atoms with Crippen LogP contribution in [0.4, 0.5) is 0 Å². The lowest BCUT2D eigenvalue weighted by Gasteiger charge is -2.34. The Labute approximate surface area is 252 Å². The standard InChI is InChI=1S/C31H31ClN6O5/c1-18-30-35-28-23(4-3-5-25(28)43-17-21-7-6-20(32)14-33-21)37(30)10-9-36(18)16-27-34-29-24(38(27)15-22-8-11-42-22)12-19(31(39)40)13-26(29)41-2/h3-7,12-14,18,22H,8-11,15-17H2,1-2H3,(H,39,40)/t18-,22+/m1/s1. The zero-order valence-electron chi connectivity index (χ0n) is 23.9. The number of pyridine rings is 1. The van der Waals surface area contributed by atoms with E-state index in [2.05, 4.69) is 32.0 Å². The lowest BCUT2D eigenvalue weighted by atomic mass is 10.1. The number of fused-ring (bicyclic) bond motifs is 4. The third kappa shape index (κ3) is 5.07. The predicted octanol–water partition coefficient (Wildman–Crippen LogP) is 5.09. The molecule has 7 rings (SSSR count). The van der Waals surface area contributed by atoms with Crippen LogP contribution in [0.15, 0.2) is 48.7 Å². The number of carboxylic acids is 1. The number of nitrogens with zero attached hydrogens (tertiary/aromatic N) is 6. The van der Waals surface area contributed by atoms with E-state index in [1.54, 1.807) is 18.3 Å². The number of ether oxygens (including phenoxy) is 3. The van der Waals surface area contributed by atoms with E-state index < -0.39 is 5.97 Å². The van der Waals surface area contributed by atoms with Gasteiger partial charge in [0.05, 0.1) is 59.7 Å². The third-order valence-corrected chi connectivity index (χ3v) is 8.58. The molecule has 2 aliphatic heterocycles. The monoisotopic (exact) mass is 602 g/mol. The summed E-state index contributed by atoms with van der Waals surface area (Å²) in [5.74, 6) is 1.93. The number of hydrogen-bond acceptors (Lipinski definition) is 8. The minimum Gasteiger partial charge on any atom is -0.494 e. The molecule has 3 aromatic heterocycles. The largest absolute Gasteiger partial charge is 0.494 e. The molecule has 0 aliphatic carbocycles. The van der Waals surface area contributed by atoms with E-state index in [9.17, 15) is 9.90 Å². The van der Waals surface area contributed by atoms with E-state index in [-0.39, 0.29) is 17.7 Å². The summed E-state index contributed by atoms with van der Waals surface area (Å²) in [5, 5.41) is 10.3. The van der Waals surface area contributed by atoms with Gasteiger partial charge in [-0.1, -0.05) is 17.7 Å². The first-order valence-corrected chi connectivity index (χ1v) is 14.7. The molecule has 0 radical (unpaired) electrons. The molecule has 1 N–H and O–H groups in total. The summed E-state index contributed by atoms with van der Waals surface area (Å²) in [7, 11) is 1.54. The second-order valence-electron chi connectivity index (χ2n) is 10.9. The number of methoxy groups -OCH3 is 1. The van der Waals surface area contributed by atoms with E-state index in [1.807, 2.05) is 18.2 Å². The lowest BCUT2D eigenvalue weighted by molar-refractivity contribution is -0.0592. The molecular weight excluding hydrogens is 572 g/mol. The van der Waals surface area contributed by atoms with E-state index in [1.165, 1.54) is 13.2 Å². The number of aromatic nitrogens is 5. The highest BCUT2D eigenvalue weighted by molar-refractivity contribution is 6.30. The van der Waals surface area contributed by atoms with Crippen molar-refractivity contribution in [2.24, 2.45) is 0 Å². The van der Waals surface area contributed by atoms with E-state index in [0.717, 1.165) is 60.0 Å². The number of carboxylic acid groups (broad SMARTS) is 1. The van der Waals surface area contributed by atoms with Crippen LogP contribution in [0.1, 0.15) is 47.1 Å². The van der Waals surface area contributed by atoms with Crippen molar-refractivity contribution >= 4 is 39.6 Å². The Balaban J connectivity index is 1.19. The van der Waals surface area contributed by atoms with Gasteiger partial charge in [-0.15, -0.1) is 0 Å². The number of halogens is 1. The molecule has 2 atom stereocenters. The van der Waals surface area contributed by atoms with Crippen molar-refractivity contribution in [3.63, 3.8) is 0 Å². The molecule has 0 bridgehead atoms. The van der Waals surface area contributed by atoms with Crippen LogP contribution < -0.4 is 9.47 Å². The molecular formula is C31H31ClN6O5. The molecule has 11 nitrogen and oxygen atoms in total. The van der Waals surface area contributed by atoms with Crippen molar-refractivity contribution < 1.29 is 24.1 Å². The van der Waals surface area contributed by atoms with Crippen molar-refractivity contribution in [2.45, 2.75) is 51.7 Å². The van der Waals surface area contributed by atoms with E-state index in [4.69, 9.17) is 35.8 Å². The quantitative estimate of drug-likeness (QED) is 0.246. The molecule has 0 unspecified atom stereocenters. The number of aromatic carboxylic acids is 1. The van der Waals surface area contributed by atoms with Crippen molar-refractivity contribution in [1.82, 2.24) is 29.0 Å². The Morgan fingerprint density at radius 2 is 1.95 bits per heavy atom. The van der Waals surface area contributed by atoms with Gasteiger partial charge in [0.15, 0.2) is 0 Å². The molecule has 5 heterocycles. The van der Waals surface area contributed by atoms with Crippen LogP contribution in [-0.2, 0) is 31.0 Å². The summed E-state index contributed by atoms with van der Waals surface area (Å²) in [6.45, 7) is 5.91. The summed E-state index contributed by atoms with van der Waals surface area (Å²) < 4.78 is 21.8. The molecule has 5 aromatic rings. The van der Waals surface area contributed by atoms with E-state index in [0.29, 0.717) is 41.7 Å². The fourth-order valence-electron chi connectivity index (χ4n) is 5.91. The Morgan fingerprint density at radius 3 is 2.67 bits per heavy atom. The Kier molecular flexibility index (Phi) is 7.16. The van der Waals surface area contributed by atoms with Gasteiger partial charge in [-0.3, -0.25) is 9.88 Å². The fraction of sp³-hybridized carbons (Fsp3) is 0.355. The van der Waals surface area contributed by atoms with Crippen LogP contribution >= 0.6 is 11.6 Å². The highest BCUT2D eigenvalue weighted by atomic mass is 35.5. The van der Waals surface area contributed by atoms with Gasteiger partial charge in [-0.05, 0) is 49.7 Å². The average molecular weight is 603 g/mol. The third-order valence-electron chi connectivity index (χ3n) is 8.36. The van der Waals surface area contributed by atoms with Crippen LogP contribution in [0.25, 0.3) is 22.1 Å². The Morgan fingerprint density at radius 1 is 1.12 bits per heavy atom. The van der Waals surface area contributed by atoms with E-state index >= 15 is 0 Å². The van der Waals surface area contributed by atoms with Gasteiger partial charge < -0.3 is 28.5 Å². The SMILES string of the molecule is COc1cc(C(=O)O)cc2c1nc(CN1CCn3c(nc4c(OCc5ccc(Cl)cn5)cccc43)[C@H]1C)n2C[C@@H]1CCO1. The molecule has 1 fully saturated rings. The van der Waals surface area contributed by atoms with Gasteiger partial charge in [-0.2, -0.15) is 0 Å².